The molecule has 0 spiro atoms. The van der Waals surface area contributed by atoms with E-state index in [1.54, 1.807) is 17.4 Å². The number of fused-ring (bicyclic) bond motifs is 2. The Morgan fingerprint density at radius 1 is 1.50 bits per heavy atom. The average molecular weight is 325 g/mol. The van der Waals surface area contributed by atoms with Crippen LogP contribution in [0.3, 0.4) is 0 Å². The molecule has 5 nitrogen and oxygen atoms in total. The zero-order chi connectivity index (χ0) is 14.6. The SMILES string of the molecule is O=C([O-])C1=CCC2/C(=C\c3cc4c(s3)CCOC4)C(=O)N12.[Na+]. The molecule has 4 rings (SSSR count). The maximum Gasteiger partial charge on any atom is 1.00 e. The number of carboxylic acids is 1. The van der Waals surface area contributed by atoms with Crippen molar-refractivity contribution in [1.82, 2.24) is 4.90 Å². The summed E-state index contributed by atoms with van der Waals surface area (Å²) >= 11 is 1.68. The molecule has 1 fully saturated rings. The predicted molar refractivity (Wildman–Crippen MR) is 74.0 cm³/mol. The van der Waals surface area contributed by atoms with Gasteiger partial charge in [-0.25, -0.2) is 0 Å². The number of aliphatic carboxylic acids is 1. The first kappa shape index (κ1) is 16.0. The van der Waals surface area contributed by atoms with Crippen molar-refractivity contribution in [3.63, 3.8) is 0 Å². The Labute approximate surface area is 153 Å². The molecule has 4 heterocycles. The predicted octanol–water partition coefficient (Wildman–Crippen LogP) is -2.54. The molecule has 1 amide bonds. The number of hydrogen-bond acceptors (Lipinski definition) is 5. The molecular formula is C15H12NNaO4S. The van der Waals surface area contributed by atoms with Crippen LogP contribution in [0.1, 0.15) is 21.7 Å². The maximum absolute atomic E-state index is 12.1. The fourth-order valence-electron chi connectivity index (χ4n) is 3.06. The van der Waals surface area contributed by atoms with Crippen LogP contribution in [-0.2, 0) is 27.4 Å². The molecule has 1 atom stereocenters. The first-order valence-electron chi connectivity index (χ1n) is 6.81. The summed E-state index contributed by atoms with van der Waals surface area (Å²) in [5.41, 5.74) is 1.88. The van der Waals surface area contributed by atoms with E-state index < -0.39 is 5.97 Å². The van der Waals surface area contributed by atoms with Crippen LogP contribution >= 0.6 is 11.3 Å². The minimum Gasteiger partial charge on any atom is -0.543 e. The van der Waals surface area contributed by atoms with Gasteiger partial charge in [0.15, 0.2) is 0 Å². The van der Waals surface area contributed by atoms with Gasteiger partial charge in [-0.3, -0.25) is 9.69 Å². The van der Waals surface area contributed by atoms with Crippen LogP contribution in [0.25, 0.3) is 6.08 Å². The van der Waals surface area contributed by atoms with E-state index in [0.29, 0.717) is 18.6 Å². The Bertz CT molecular complexity index is 698. The van der Waals surface area contributed by atoms with E-state index in [2.05, 4.69) is 6.07 Å². The minimum absolute atomic E-state index is 0. The van der Waals surface area contributed by atoms with Gasteiger partial charge in [0, 0.05) is 21.7 Å². The summed E-state index contributed by atoms with van der Waals surface area (Å²) in [6, 6.07) is 1.92. The van der Waals surface area contributed by atoms with E-state index in [4.69, 9.17) is 4.74 Å². The normalized spacial score (nSPS) is 24.3. The summed E-state index contributed by atoms with van der Waals surface area (Å²) in [5.74, 6) is -1.51. The zero-order valence-corrected chi connectivity index (χ0v) is 14.9. The number of amides is 1. The number of carbonyl (C=O) groups excluding carboxylic acids is 2. The summed E-state index contributed by atoms with van der Waals surface area (Å²) in [4.78, 5) is 26.7. The molecule has 1 unspecified atom stereocenters. The minimum atomic E-state index is -1.28. The number of rotatable bonds is 2. The average Bonchev–Trinajstić information content (AvgIpc) is 3.05. The molecule has 0 N–H and O–H groups in total. The van der Waals surface area contributed by atoms with E-state index >= 15 is 0 Å². The molecule has 1 aromatic heterocycles. The molecule has 0 saturated carbocycles. The summed E-state index contributed by atoms with van der Waals surface area (Å²) in [6.45, 7) is 1.38. The Kier molecular flexibility index (Phi) is 4.31. The van der Waals surface area contributed by atoms with E-state index in [-0.39, 0.29) is 47.2 Å². The monoisotopic (exact) mass is 325 g/mol. The van der Waals surface area contributed by atoms with Gasteiger partial charge in [-0.1, -0.05) is 6.08 Å². The van der Waals surface area contributed by atoms with E-state index in [0.717, 1.165) is 17.9 Å². The summed E-state index contributed by atoms with van der Waals surface area (Å²) < 4.78 is 5.42. The molecule has 1 aromatic rings. The van der Waals surface area contributed by atoms with Gasteiger partial charge in [0.05, 0.1) is 30.9 Å². The summed E-state index contributed by atoms with van der Waals surface area (Å²) in [7, 11) is 0. The van der Waals surface area contributed by atoms with Crippen molar-refractivity contribution < 1.29 is 49.0 Å². The van der Waals surface area contributed by atoms with E-state index in [1.165, 1.54) is 15.3 Å². The van der Waals surface area contributed by atoms with Crippen molar-refractivity contribution in [3.8, 4) is 0 Å². The smallest absolute Gasteiger partial charge is 0.543 e. The van der Waals surface area contributed by atoms with E-state index in [9.17, 15) is 14.7 Å². The fraction of sp³-hybridized carbons (Fsp3) is 0.333. The first-order valence-corrected chi connectivity index (χ1v) is 7.63. The molecule has 0 aliphatic carbocycles. The van der Waals surface area contributed by atoms with Gasteiger partial charge in [0.25, 0.3) is 5.91 Å². The molecule has 0 bridgehead atoms. The molecule has 22 heavy (non-hydrogen) atoms. The number of carbonyl (C=O) groups is 2. The summed E-state index contributed by atoms with van der Waals surface area (Å²) in [6.07, 6.45) is 4.92. The molecule has 0 aromatic carbocycles. The van der Waals surface area contributed by atoms with Gasteiger partial charge < -0.3 is 14.6 Å². The van der Waals surface area contributed by atoms with Crippen LogP contribution in [-0.4, -0.2) is 29.4 Å². The van der Waals surface area contributed by atoms with Crippen LogP contribution in [0.2, 0.25) is 0 Å². The third-order valence-corrected chi connectivity index (χ3v) is 5.27. The quantitative estimate of drug-likeness (QED) is 0.341. The zero-order valence-electron chi connectivity index (χ0n) is 12.1. The molecule has 1 saturated heterocycles. The standard InChI is InChI=1S/C15H13NO4S.Na/c17-14-10(11-1-2-12(15(18)19)16(11)14)6-9-5-8-7-20-4-3-13(8)21-9;/h2,5-6,11H,1,3-4,7H2,(H,18,19);/q;+1/p-1/b10-6+;. The second kappa shape index (κ2) is 5.94. The molecule has 108 valence electrons. The van der Waals surface area contributed by atoms with Crippen molar-refractivity contribution in [1.29, 1.82) is 0 Å². The molecular weight excluding hydrogens is 313 g/mol. The van der Waals surface area contributed by atoms with Gasteiger partial charge in [-0.15, -0.1) is 11.3 Å². The van der Waals surface area contributed by atoms with Crippen molar-refractivity contribution in [2.45, 2.75) is 25.5 Å². The number of nitrogens with zero attached hydrogens (tertiary/aromatic N) is 1. The van der Waals surface area contributed by atoms with Crippen molar-refractivity contribution in [2.75, 3.05) is 6.61 Å². The first-order chi connectivity index (χ1) is 10.1. The molecule has 3 aliphatic rings. The summed E-state index contributed by atoms with van der Waals surface area (Å²) in [5, 5.41) is 10.9. The van der Waals surface area contributed by atoms with E-state index in [1.807, 2.05) is 6.08 Å². The van der Waals surface area contributed by atoms with Crippen LogP contribution in [0, 0.1) is 0 Å². The van der Waals surface area contributed by atoms with Crippen LogP contribution in [0.5, 0.6) is 0 Å². The van der Waals surface area contributed by atoms with Crippen LogP contribution in [0.4, 0.5) is 0 Å². The van der Waals surface area contributed by atoms with Crippen molar-refractivity contribution >= 4 is 29.3 Å². The molecule has 3 aliphatic heterocycles. The third-order valence-electron chi connectivity index (χ3n) is 4.08. The topological polar surface area (TPSA) is 69.7 Å². The van der Waals surface area contributed by atoms with Gasteiger partial charge in [-0.05, 0) is 24.1 Å². The second-order valence-electron chi connectivity index (χ2n) is 5.30. The molecule has 0 radical (unpaired) electrons. The largest absolute Gasteiger partial charge is 1.00 e. The maximum atomic E-state index is 12.1. The second-order valence-corrected chi connectivity index (χ2v) is 6.47. The fourth-order valence-corrected chi connectivity index (χ4v) is 4.17. The third kappa shape index (κ3) is 2.39. The number of hydrogen-bond donors (Lipinski definition) is 0. The van der Waals surface area contributed by atoms with Crippen molar-refractivity contribution in [2.24, 2.45) is 0 Å². The van der Waals surface area contributed by atoms with Crippen LogP contribution in [0.15, 0.2) is 23.4 Å². The number of β-lactam (4-membered cyclic amide) rings is 1. The molecule has 7 heteroatoms. The Morgan fingerprint density at radius 2 is 2.32 bits per heavy atom. The Hall–Kier alpha value is -0.920. The van der Waals surface area contributed by atoms with Gasteiger partial charge in [0.1, 0.15) is 0 Å². The number of thiophene rings is 1. The van der Waals surface area contributed by atoms with Gasteiger partial charge in [-0.2, -0.15) is 0 Å². The Balaban J connectivity index is 0.00000144. The number of carboxylic acid groups (broad SMARTS) is 1. The Morgan fingerprint density at radius 3 is 3.05 bits per heavy atom. The van der Waals surface area contributed by atoms with Gasteiger partial charge in [0.2, 0.25) is 0 Å². The van der Waals surface area contributed by atoms with Crippen molar-refractivity contribution in [3.05, 3.63) is 38.7 Å². The van der Waals surface area contributed by atoms with Crippen LogP contribution < -0.4 is 34.7 Å². The van der Waals surface area contributed by atoms with Gasteiger partial charge >= 0.3 is 29.6 Å². The number of ether oxygens (including phenoxy) is 1.